The second-order valence-electron chi connectivity index (χ2n) is 3.30. The number of hydrogen-bond acceptors (Lipinski definition) is 5. The van der Waals surface area contributed by atoms with Gasteiger partial charge in [0, 0.05) is 11.1 Å². The molecule has 0 aliphatic carbocycles. The number of ether oxygens (including phenoxy) is 2. The summed E-state index contributed by atoms with van der Waals surface area (Å²) >= 11 is 1.31. The van der Waals surface area contributed by atoms with Crippen LogP contribution >= 0.6 is 11.3 Å². The molecule has 76 valence electrons. The number of hydrogen-bond donors (Lipinski definition) is 0. The third-order valence-corrected chi connectivity index (χ3v) is 3.29. The third kappa shape index (κ3) is 1.13. The van der Waals surface area contributed by atoms with Crippen LogP contribution in [0.15, 0.2) is 17.7 Å². The molecule has 3 rings (SSSR count). The number of ketones is 1. The van der Waals surface area contributed by atoms with Crippen molar-refractivity contribution < 1.29 is 19.1 Å². The van der Waals surface area contributed by atoms with Gasteiger partial charge in [-0.15, -0.1) is 11.3 Å². The summed E-state index contributed by atoms with van der Waals surface area (Å²) < 4.78 is 10.1. The van der Waals surface area contributed by atoms with Crippen LogP contribution < -0.4 is 0 Å². The predicted octanol–water partition coefficient (Wildman–Crippen LogP) is 1.23. The molecular weight excluding hydrogens is 216 g/mol. The minimum atomic E-state index is -0.770. The molecule has 1 aromatic heterocycles. The van der Waals surface area contributed by atoms with Crippen molar-refractivity contribution in [2.75, 3.05) is 6.61 Å². The van der Waals surface area contributed by atoms with E-state index >= 15 is 0 Å². The molecule has 3 heterocycles. The van der Waals surface area contributed by atoms with E-state index in [-0.39, 0.29) is 12.4 Å². The highest BCUT2D eigenvalue weighted by Crippen LogP contribution is 2.35. The van der Waals surface area contributed by atoms with Crippen molar-refractivity contribution in [1.29, 1.82) is 0 Å². The summed E-state index contributed by atoms with van der Waals surface area (Å²) in [6, 6.07) is 1.81. The van der Waals surface area contributed by atoms with Gasteiger partial charge in [0.2, 0.25) is 5.78 Å². The topological polar surface area (TPSA) is 52.6 Å². The Labute approximate surface area is 89.1 Å². The van der Waals surface area contributed by atoms with Gasteiger partial charge in [0.05, 0.1) is 6.26 Å². The zero-order valence-electron chi connectivity index (χ0n) is 7.56. The standard InChI is InChI=1S/C10H6O4S/c11-7-4-13-3-6-5-1-2-15-9(5)10(12)14-8(6)7/h1-3,8H,4H2. The van der Waals surface area contributed by atoms with Crippen LogP contribution in [0.5, 0.6) is 0 Å². The molecule has 2 aliphatic heterocycles. The highest BCUT2D eigenvalue weighted by molar-refractivity contribution is 7.12. The minimum Gasteiger partial charge on any atom is -0.493 e. The molecule has 0 radical (unpaired) electrons. The lowest BCUT2D eigenvalue weighted by Gasteiger charge is -2.26. The first kappa shape index (κ1) is 8.67. The number of Topliss-reactive ketones (excluding diaryl/α,β-unsaturated/α-hetero) is 1. The molecule has 1 aromatic rings. The minimum absolute atomic E-state index is 0.0269. The van der Waals surface area contributed by atoms with Crippen LogP contribution in [0.2, 0.25) is 0 Å². The van der Waals surface area contributed by atoms with Gasteiger partial charge in [-0.2, -0.15) is 0 Å². The normalized spacial score (nSPS) is 23.5. The van der Waals surface area contributed by atoms with E-state index in [4.69, 9.17) is 9.47 Å². The summed E-state index contributed by atoms with van der Waals surface area (Å²) in [6.45, 7) is -0.0269. The van der Waals surface area contributed by atoms with Gasteiger partial charge in [0.1, 0.15) is 11.5 Å². The van der Waals surface area contributed by atoms with Crippen molar-refractivity contribution in [2.24, 2.45) is 0 Å². The van der Waals surface area contributed by atoms with Crippen molar-refractivity contribution in [3.05, 3.63) is 28.1 Å². The van der Waals surface area contributed by atoms with E-state index < -0.39 is 12.1 Å². The Bertz CT molecular complexity index is 485. The Kier molecular flexibility index (Phi) is 1.70. The van der Waals surface area contributed by atoms with E-state index in [9.17, 15) is 9.59 Å². The molecule has 0 saturated heterocycles. The summed E-state index contributed by atoms with van der Waals surface area (Å²) in [7, 11) is 0. The van der Waals surface area contributed by atoms with Crippen LogP contribution in [0, 0.1) is 0 Å². The Morgan fingerprint density at radius 3 is 3.13 bits per heavy atom. The fraction of sp³-hybridized carbons (Fsp3) is 0.200. The molecular formula is C10H6O4S. The summed E-state index contributed by atoms with van der Waals surface area (Å²) in [5, 5.41) is 1.80. The van der Waals surface area contributed by atoms with Crippen molar-refractivity contribution in [1.82, 2.24) is 0 Å². The maximum atomic E-state index is 11.5. The summed E-state index contributed by atoms with van der Waals surface area (Å²) in [6.07, 6.45) is 0.734. The quantitative estimate of drug-likeness (QED) is 0.619. The second-order valence-corrected chi connectivity index (χ2v) is 4.22. The molecule has 0 aromatic carbocycles. The van der Waals surface area contributed by atoms with Gasteiger partial charge in [-0.05, 0) is 11.4 Å². The fourth-order valence-electron chi connectivity index (χ4n) is 1.71. The van der Waals surface area contributed by atoms with Gasteiger partial charge < -0.3 is 9.47 Å². The molecule has 5 heteroatoms. The third-order valence-electron chi connectivity index (χ3n) is 2.40. The van der Waals surface area contributed by atoms with Gasteiger partial charge in [-0.3, -0.25) is 4.79 Å². The average molecular weight is 222 g/mol. The van der Waals surface area contributed by atoms with E-state index in [2.05, 4.69) is 0 Å². The summed E-state index contributed by atoms with van der Waals surface area (Å²) in [4.78, 5) is 23.5. The number of carbonyl (C=O) groups excluding carboxylic acids is 2. The van der Waals surface area contributed by atoms with Gasteiger partial charge in [-0.1, -0.05) is 0 Å². The first-order valence-corrected chi connectivity index (χ1v) is 5.28. The molecule has 0 amide bonds. The summed E-state index contributed by atoms with van der Waals surface area (Å²) in [5.74, 6) is -0.630. The maximum absolute atomic E-state index is 11.5. The Morgan fingerprint density at radius 1 is 1.40 bits per heavy atom. The van der Waals surface area contributed by atoms with E-state index in [1.807, 2.05) is 0 Å². The molecule has 1 atom stereocenters. The van der Waals surface area contributed by atoms with Crippen LogP contribution in [0.4, 0.5) is 0 Å². The number of fused-ring (bicyclic) bond motifs is 3. The highest BCUT2D eigenvalue weighted by atomic mass is 32.1. The summed E-state index contributed by atoms with van der Waals surface area (Å²) in [5.41, 5.74) is 1.41. The van der Waals surface area contributed by atoms with E-state index in [0.717, 1.165) is 5.56 Å². The van der Waals surface area contributed by atoms with Crippen molar-refractivity contribution in [3.8, 4) is 0 Å². The first-order chi connectivity index (χ1) is 7.27. The zero-order chi connectivity index (χ0) is 10.4. The van der Waals surface area contributed by atoms with Crippen LogP contribution in [-0.2, 0) is 14.3 Å². The lowest BCUT2D eigenvalue weighted by molar-refractivity contribution is -0.129. The maximum Gasteiger partial charge on any atom is 0.350 e. The van der Waals surface area contributed by atoms with Gasteiger partial charge in [-0.25, -0.2) is 4.79 Å². The van der Waals surface area contributed by atoms with Gasteiger partial charge >= 0.3 is 5.97 Å². The van der Waals surface area contributed by atoms with Crippen LogP contribution in [0.3, 0.4) is 0 Å². The van der Waals surface area contributed by atoms with Crippen molar-refractivity contribution in [2.45, 2.75) is 6.10 Å². The first-order valence-electron chi connectivity index (χ1n) is 4.40. The largest absolute Gasteiger partial charge is 0.493 e. The molecule has 0 fully saturated rings. The molecule has 0 bridgehead atoms. The molecule has 1 unspecified atom stereocenters. The predicted molar refractivity (Wildman–Crippen MR) is 52.5 cm³/mol. The van der Waals surface area contributed by atoms with Crippen LogP contribution in [-0.4, -0.2) is 24.5 Å². The van der Waals surface area contributed by atoms with Crippen LogP contribution in [0.25, 0.3) is 5.57 Å². The number of esters is 1. The lowest BCUT2D eigenvalue weighted by Crippen LogP contribution is -2.37. The Hall–Kier alpha value is -1.62. The van der Waals surface area contributed by atoms with E-state index in [0.29, 0.717) is 10.5 Å². The van der Waals surface area contributed by atoms with Crippen molar-refractivity contribution >= 4 is 28.7 Å². The second kappa shape index (κ2) is 2.93. The lowest BCUT2D eigenvalue weighted by atomic mass is 9.96. The molecule has 0 saturated carbocycles. The van der Waals surface area contributed by atoms with E-state index in [1.165, 1.54) is 17.6 Å². The number of thiophene rings is 1. The number of rotatable bonds is 0. The monoisotopic (exact) mass is 222 g/mol. The Morgan fingerprint density at radius 2 is 2.27 bits per heavy atom. The molecule has 4 nitrogen and oxygen atoms in total. The van der Waals surface area contributed by atoms with Gasteiger partial charge in [0.15, 0.2) is 6.10 Å². The highest BCUT2D eigenvalue weighted by Gasteiger charge is 2.38. The van der Waals surface area contributed by atoms with Crippen molar-refractivity contribution in [3.63, 3.8) is 0 Å². The smallest absolute Gasteiger partial charge is 0.350 e. The SMILES string of the molecule is O=C1OC2C(=O)COC=C2c2ccsc21. The molecule has 15 heavy (non-hydrogen) atoms. The molecule has 2 aliphatic rings. The molecule has 0 N–H and O–H groups in total. The van der Waals surface area contributed by atoms with Crippen LogP contribution in [0.1, 0.15) is 15.2 Å². The zero-order valence-corrected chi connectivity index (χ0v) is 8.37. The van der Waals surface area contributed by atoms with Gasteiger partial charge in [0.25, 0.3) is 0 Å². The van der Waals surface area contributed by atoms with E-state index in [1.54, 1.807) is 11.4 Å². The number of carbonyl (C=O) groups is 2. The fourth-order valence-corrected chi connectivity index (χ4v) is 2.51. The molecule has 0 spiro atoms. The Balaban J connectivity index is 2.19. The average Bonchev–Trinajstić information content (AvgIpc) is 2.69.